The Kier molecular flexibility index (Phi) is 6.26. The van der Waals surface area contributed by atoms with Crippen molar-refractivity contribution >= 4 is 40.1 Å². The fourth-order valence-corrected chi connectivity index (χ4v) is 5.44. The summed E-state index contributed by atoms with van der Waals surface area (Å²) >= 11 is 1.47. The summed E-state index contributed by atoms with van der Waals surface area (Å²) in [5.74, 6) is 1.07. The Hall–Kier alpha value is -3.71. The van der Waals surface area contributed by atoms with Gasteiger partial charge in [-0.15, -0.1) is 0 Å². The van der Waals surface area contributed by atoms with Crippen LogP contribution in [0.1, 0.15) is 17.7 Å². The van der Waals surface area contributed by atoms with Crippen LogP contribution in [0.2, 0.25) is 0 Å². The maximum Gasteiger partial charge on any atom is 0.407 e. The molecule has 1 fully saturated rings. The molecule has 1 amide bonds. The Morgan fingerprint density at radius 3 is 2.80 bits per heavy atom. The molecule has 1 aromatic heterocycles. The number of hydrogen-bond donors (Lipinski definition) is 2. The van der Waals surface area contributed by atoms with Crippen LogP contribution < -0.4 is 9.80 Å². The van der Waals surface area contributed by atoms with E-state index < -0.39 is 12.1 Å². The highest BCUT2D eigenvalue weighted by Gasteiger charge is 2.33. The number of benzene rings is 2. The first-order chi connectivity index (χ1) is 17.0. The topological polar surface area (TPSA) is 117 Å². The van der Waals surface area contributed by atoms with Crippen LogP contribution in [0.5, 0.6) is 5.75 Å². The van der Waals surface area contributed by atoms with Crippen LogP contribution >= 0.6 is 11.8 Å². The molecule has 0 saturated carbocycles. The summed E-state index contributed by atoms with van der Waals surface area (Å²) in [6, 6.07) is 13.3. The van der Waals surface area contributed by atoms with Crippen LogP contribution in [0.4, 0.5) is 16.3 Å². The summed E-state index contributed by atoms with van der Waals surface area (Å²) in [6.45, 7) is 2.61. The number of anilines is 2. The summed E-state index contributed by atoms with van der Waals surface area (Å²) in [7, 11) is 0. The van der Waals surface area contributed by atoms with Crippen LogP contribution in [0.15, 0.2) is 41.6 Å². The highest BCUT2D eigenvalue weighted by Crippen LogP contribution is 2.36. The van der Waals surface area contributed by atoms with E-state index in [4.69, 9.17) is 9.97 Å². The number of piperazine rings is 1. The van der Waals surface area contributed by atoms with Crippen molar-refractivity contribution in [1.29, 1.82) is 5.26 Å². The largest absolute Gasteiger partial charge is 0.508 e. The second-order valence-corrected chi connectivity index (χ2v) is 9.53. The number of nitrogens with zero attached hydrogens (tertiary/aromatic N) is 6. The Morgan fingerprint density at radius 1 is 1.20 bits per heavy atom. The monoisotopic (exact) mass is 490 g/mol. The Labute approximate surface area is 207 Å². The molecule has 2 N–H and O–H groups in total. The number of phenolic OH excluding ortho intramolecular Hbond substituents is 1. The molecule has 3 aromatic rings. The molecule has 2 aliphatic heterocycles. The summed E-state index contributed by atoms with van der Waals surface area (Å²) in [6.07, 6.45) is 1.82. The molecule has 5 rings (SSSR count). The van der Waals surface area contributed by atoms with Crippen LogP contribution in [0.25, 0.3) is 10.8 Å². The second-order valence-electron chi connectivity index (χ2n) is 8.75. The van der Waals surface area contributed by atoms with Crippen molar-refractivity contribution in [2.75, 3.05) is 42.2 Å². The van der Waals surface area contributed by atoms with E-state index in [2.05, 4.69) is 21.9 Å². The van der Waals surface area contributed by atoms with Crippen LogP contribution in [0, 0.1) is 11.3 Å². The predicted octanol–water partition coefficient (Wildman–Crippen LogP) is 3.70. The van der Waals surface area contributed by atoms with Crippen molar-refractivity contribution in [2.24, 2.45) is 0 Å². The van der Waals surface area contributed by atoms with E-state index in [1.54, 1.807) is 6.07 Å². The minimum atomic E-state index is -0.992. The summed E-state index contributed by atoms with van der Waals surface area (Å²) in [5.41, 5.74) is 2.99. The summed E-state index contributed by atoms with van der Waals surface area (Å²) < 4.78 is 0. The number of hydrogen-bond acceptors (Lipinski definition) is 8. The Bertz CT molecular complexity index is 1330. The number of carboxylic acid groups (broad SMARTS) is 1. The third-order valence-corrected chi connectivity index (χ3v) is 7.27. The van der Waals surface area contributed by atoms with Gasteiger partial charge in [0.15, 0.2) is 5.16 Å². The molecule has 2 aromatic carbocycles. The quantitative estimate of drug-likeness (QED) is 0.417. The molecule has 0 radical (unpaired) electrons. The Morgan fingerprint density at radius 2 is 2.03 bits per heavy atom. The molecular weight excluding hydrogens is 464 g/mol. The number of aromatic nitrogens is 2. The van der Waals surface area contributed by atoms with Gasteiger partial charge in [0.1, 0.15) is 11.6 Å². The van der Waals surface area contributed by atoms with Gasteiger partial charge in [-0.25, -0.2) is 14.8 Å². The highest BCUT2D eigenvalue weighted by molar-refractivity contribution is 7.98. The van der Waals surface area contributed by atoms with E-state index in [0.29, 0.717) is 31.3 Å². The molecule has 3 heterocycles. The van der Waals surface area contributed by atoms with Gasteiger partial charge in [-0.1, -0.05) is 36.0 Å². The molecule has 9 nitrogen and oxygen atoms in total. The zero-order chi connectivity index (χ0) is 24.5. The second kappa shape index (κ2) is 9.50. The predicted molar refractivity (Wildman–Crippen MR) is 135 cm³/mol. The normalized spacial score (nSPS) is 17.8. The fraction of sp³-hybridized carbons (Fsp3) is 0.360. The molecular formula is C25H26N6O3S. The number of aromatic hydroxyl groups is 1. The average Bonchev–Trinajstić information content (AvgIpc) is 2.87. The SMILES string of the molecule is CSc1nc2c(c(N3CCN(C(=O)O)C(CC#N)C3)n1)CCN(c1cc(O)cc3ccccc13)C2. The lowest BCUT2D eigenvalue weighted by atomic mass is 10.0. The fourth-order valence-electron chi connectivity index (χ4n) is 5.06. The van der Waals surface area contributed by atoms with Crippen molar-refractivity contribution in [2.45, 2.75) is 30.6 Å². The summed E-state index contributed by atoms with van der Waals surface area (Å²) in [5, 5.41) is 31.9. The van der Waals surface area contributed by atoms with E-state index in [1.807, 2.05) is 30.5 Å². The smallest absolute Gasteiger partial charge is 0.407 e. The zero-order valence-corrected chi connectivity index (χ0v) is 20.2. The van der Waals surface area contributed by atoms with Crippen LogP contribution in [0.3, 0.4) is 0 Å². The number of phenols is 1. The van der Waals surface area contributed by atoms with Gasteiger partial charge in [0.05, 0.1) is 30.8 Å². The third-order valence-electron chi connectivity index (χ3n) is 6.73. The number of fused-ring (bicyclic) bond motifs is 2. The molecule has 2 aliphatic rings. The van der Waals surface area contributed by atoms with E-state index in [0.717, 1.165) is 46.5 Å². The lowest BCUT2D eigenvalue weighted by Gasteiger charge is -2.41. The highest BCUT2D eigenvalue weighted by atomic mass is 32.2. The van der Waals surface area contributed by atoms with E-state index in [9.17, 15) is 20.3 Å². The van der Waals surface area contributed by atoms with E-state index >= 15 is 0 Å². The average molecular weight is 491 g/mol. The van der Waals surface area contributed by atoms with Crippen molar-refractivity contribution in [3.63, 3.8) is 0 Å². The van der Waals surface area contributed by atoms with Crippen LogP contribution in [-0.2, 0) is 13.0 Å². The van der Waals surface area contributed by atoms with Gasteiger partial charge in [0.25, 0.3) is 0 Å². The molecule has 180 valence electrons. The first-order valence-electron chi connectivity index (χ1n) is 11.5. The first-order valence-corrected chi connectivity index (χ1v) is 12.7. The van der Waals surface area contributed by atoms with E-state index in [1.165, 1.54) is 16.7 Å². The van der Waals surface area contributed by atoms with Gasteiger partial charge >= 0.3 is 6.09 Å². The standard InChI is InChI=1S/C25H26N6O3S/c1-35-24-27-21-15-29(22-13-18(32)12-16-4-2-3-5-19(16)22)9-7-20(21)23(28-24)30-10-11-31(25(33)34)17(14-30)6-8-26/h2-5,12-13,17,32H,6-7,9-11,14-15H2,1H3,(H,33,34). The van der Waals surface area contributed by atoms with Crippen molar-refractivity contribution in [3.8, 4) is 11.8 Å². The van der Waals surface area contributed by atoms with Crippen LogP contribution in [-0.4, -0.2) is 69.7 Å². The van der Waals surface area contributed by atoms with Gasteiger partial charge in [0.2, 0.25) is 0 Å². The Balaban J connectivity index is 1.49. The van der Waals surface area contributed by atoms with Gasteiger partial charge in [-0.05, 0) is 24.1 Å². The van der Waals surface area contributed by atoms with Gasteiger partial charge in [-0.3, -0.25) is 0 Å². The lowest BCUT2D eigenvalue weighted by molar-refractivity contribution is 0.119. The molecule has 35 heavy (non-hydrogen) atoms. The van der Waals surface area contributed by atoms with E-state index in [-0.39, 0.29) is 12.2 Å². The third kappa shape index (κ3) is 4.39. The molecule has 0 bridgehead atoms. The molecule has 1 saturated heterocycles. The van der Waals surface area contributed by atoms with Crippen molar-refractivity contribution in [1.82, 2.24) is 14.9 Å². The van der Waals surface area contributed by atoms with Crippen molar-refractivity contribution < 1.29 is 15.0 Å². The van der Waals surface area contributed by atoms with Gasteiger partial charge < -0.3 is 24.9 Å². The summed E-state index contributed by atoms with van der Waals surface area (Å²) in [4.78, 5) is 27.0. The van der Waals surface area contributed by atoms with Gasteiger partial charge in [-0.2, -0.15) is 5.26 Å². The number of nitriles is 1. The molecule has 10 heteroatoms. The molecule has 1 unspecified atom stereocenters. The minimum Gasteiger partial charge on any atom is -0.508 e. The minimum absolute atomic E-state index is 0.143. The van der Waals surface area contributed by atoms with Gasteiger partial charge in [0, 0.05) is 48.9 Å². The van der Waals surface area contributed by atoms with Crippen molar-refractivity contribution in [3.05, 3.63) is 47.7 Å². The number of carbonyl (C=O) groups is 1. The molecule has 0 spiro atoms. The maximum atomic E-state index is 11.6. The first kappa shape index (κ1) is 23.1. The number of rotatable bonds is 4. The number of amides is 1. The zero-order valence-electron chi connectivity index (χ0n) is 19.4. The molecule has 0 aliphatic carbocycles. The molecule has 1 atom stereocenters. The maximum absolute atomic E-state index is 11.6. The number of thioether (sulfide) groups is 1. The lowest BCUT2D eigenvalue weighted by Crippen LogP contribution is -2.55.